The van der Waals surface area contributed by atoms with E-state index in [9.17, 15) is 4.39 Å². The summed E-state index contributed by atoms with van der Waals surface area (Å²) < 4.78 is 19.3. The molecule has 0 aliphatic heterocycles. The molecule has 0 saturated carbocycles. The van der Waals surface area contributed by atoms with E-state index >= 15 is 0 Å². The fourth-order valence-electron chi connectivity index (χ4n) is 2.20. The van der Waals surface area contributed by atoms with E-state index in [1.54, 1.807) is 7.11 Å². The van der Waals surface area contributed by atoms with Crippen molar-refractivity contribution < 1.29 is 9.13 Å². The lowest BCUT2D eigenvalue weighted by molar-refractivity contribution is 0.0205. The van der Waals surface area contributed by atoms with E-state index < -0.39 is 0 Å². The van der Waals surface area contributed by atoms with Crippen LogP contribution >= 0.6 is 24.0 Å². The summed E-state index contributed by atoms with van der Waals surface area (Å²) in [6.07, 6.45) is 0.0139. The molecule has 0 aliphatic rings. The highest BCUT2D eigenvalue weighted by atomic mass is 127. The molecule has 0 radical (unpaired) electrons. The lowest BCUT2D eigenvalue weighted by Crippen LogP contribution is -2.45. The molecule has 0 aliphatic carbocycles. The minimum absolute atomic E-state index is 0. The Morgan fingerprint density at radius 1 is 1.36 bits per heavy atom. The Hall–Kier alpha value is -1.40. The normalized spacial score (nSPS) is 12.8. The number of benzene rings is 1. The van der Waals surface area contributed by atoms with Crippen molar-refractivity contribution in [3.05, 3.63) is 35.1 Å². The van der Waals surface area contributed by atoms with Crippen LogP contribution in [0.25, 0.3) is 0 Å². The van der Waals surface area contributed by atoms with Gasteiger partial charge in [0.2, 0.25) is 0 Å². The van der Waals surface area contributed by atoms with Crippen LogP contribution < -0.4 is 10.6 Å². The molecule has 25 heavy (non-hydrogen) atoms. The van der Waals surface area contributed by atoms with E-state index in [-0.39, 0.29) is 47.9 Å². The van der Waals surface area contributed by atoms with Gasteiger partial charge >= 0.3 is 0 Å². The van der Waals surface area contributed by atoms with Crippen molar-refractivity contribution in [3.63, 3.8) is 0 Å². The first-order chi connectivity index (χ1) is 11.3. The van der Waals surface area contributed by atoms with Crippen molar-refractivity contribution in [2.24, 2.45) is 10.4 Å². The fourth-order valence-corrected chi connectivity index (χ4v) is 2.20. The highest BCUT2D eigenvalue weighted by Crippen LogP contribution is 2.20. The predicted molar refractivity (Wildman–Crippen MR) is 110 cm³/mol. The Balaban J connectivity index is 0.00000576. The molecule has 0 amide bonds. The van der Waals surface area contributed by atoms with E-state index in [0.717, 1.165) is 0 Å². The quantitative estimate of drug-likeness (QED) is 0.386. The molecule has 0 heterocycles. The standard InChI is InChI=1S/C18H27FN4O.HI/c1-6-21-17(23-12-16(24-5)18(2,3)4)22-11-14-9-13(10-20)7-8-15(14)19;/h7-9,16H,6,11-12H2,1-5H3,(H2,21,22,23);1H. The lowest BCUT2D eigenvalue weighted by Gasteiger charge is -2.30. The molecule has 0 spiro atoms. The summed E-state index contributed by atoms with van der Waals surface area (Å²) in [6.45, 7) is 9.72. The third kappa shape index (κ3) is 8.01. The van der Waals surface area contributed by atoms with Gasteiger partial charge < -0.3 is 15.4 Å². The number of rotatable bonds is 6. The second-order valence-corrected chi connectivity index (χ2v) is 6.58. The van der Waals surface area contributed by atoms with Crippen molar-refractivity contribution in [3.8, 4) is 6.07 Å². The number of nitrogens with zero attached hydrogens (tertiary/aromatic N) is 2. The number of nitrogens with one attached hydrogen (secondary N) is 2. The van der Waals surface area contributed by atoms with Gasteiger partial charge in [0, 0.05) is 25.8 Å². The zero-order valence-electron chi connectivity index (χ0n) is 15.5. The average molecular weight is 462 g/mol. The summed E-state index contributed by atoms with van der Waals surface area (Å²) >= 11 is 0. The van der Waals surface area contributed by atoms with Crippen molar-refractivity contribution in [2.75, 3.05) is 20.2 Å². The Morgan fingerprint density at radius 3 is 2.56 bits per heavy atom. The van der Waals surface area contributed by atoms with Crippen LogP contribution in [0, 0.1) is 22.6 Å². The predicted octanol–water partition coefficient (Wildman–Crippen LogP) is 3.43. The van der Waals surface area contributed by atoms with Gasteiger partial charge in [0.25, 0.3) is 0 Å². The minimum atomic E-state index is -0.363. The molecule has 2 N–H and O–H groups in total. The van der Waals surface area contributed by atoms with Gasteiger partial charge in [-0.25, -0.2) is 9.38 Å². The van der Waals surface area contributed by atoms with E-state index in [1.807, 2.05) is 13.0 Å². The van der Waals surface area contributed by atoms with E-state index in [0.29, 0.717) is 30.2 Å². The van der Waals surface area contributed by atoms with Gasteiger partial charge in [0.05, 0.1) is 24.3 Å². The SMILES string of the molecule is CCNC(=NCc1cc(C#N)ccc1F)NCC(OC)C(C)(C)C.I. The first-order valence-electron chi connectivity index (χ1n) is 8.05. The van der Waals surface area contributed by atoms with E-state index in [1.165, 1.54) is 18.2 Å². The first-order valence-corrected chi connectivity index (χ1v) is 8.05. The summed E-state index contributed by atoms with van der Waals surface area (Å²) in [7, 11) is 1.68. The monoisotopic (exact) mass is 462 g/mol. The average Bonchev–Trinajstić information content (AvgIpc) is 2.53. The third-order valence-electron chi connectivity index (χ3n) is 3.63. The lowest BCUT2D eigenvalue weighted by atomic mass is 9.89. The molecular formula is C18H28FIN4O. The Labute approximate surface area is 167 Å². The first kappa shape index (κ1) is 23.6. The molecule has 0 bridgehead atoms. The molecule has 0 saturated heterocycles. The Morgan fingerprint density at radius 2 is 2.04 bits per heavy atom. The van der Waals surface area contributed by atoms with Crippen LogP contribution in [0.2, 0.25) is 0 Å². The number of hydrogen-bond acceptors (Lipinski definition) is 3. The molecule has 1 unspecified atom stereocenters. The molecule has 1 aromatic carbocycles. The van der Waals surface area contributed by atoms with Gasteiger partial charge in [0.15, 0.2) is 5.96 Å². The number of aliphatic imine (C=N–C) groups is 1. The second kappa shape index (κ2) is 11.3. The highest BCUT2D eigenvalue weighted by Gasteiger charge is 2.24. The number of nitriles is 1. The second-order valence-electron chi connectivity index (χ2n) is 6.58. The molecule has 7 heteroatoms. The number of hydrogen-bond donors (Lipinski definition) is 2. The summed E-state index contributed by atoms with van der Waals surface area (Å²) in [5, 5.41) is 15.3. The maximum absolute atomic E-state index is 13.8. The summed E-state index contributed by atoms with van der Waals surface area (Å²) in [4.78, 5) is 4.40. The highest BCUT2D eigenvalue weighted by molar-refractivity contribution is 14.0. The topological polar surface area (TPSA) is 69.4 Å². The minimum Gasteiger partial charge on any atom is -0.379 e. The van der Waals surface area contributed by atoms with Crippen LogP contribution in [0.4, 0.5) is 4.39 Å². The summed E-state index contributed by atoms with van der Waals surface area (Å²) in [6, 6.07) is 6.28. The molecule has 0 fully saturated rings. The van der Waals surface area contributed by atoms with E-state index in [4.69, 9.17) is 10.00 Å². The van der Waals surface area contributed by atoms with Gasteiger partial charge in [-0.15, -0.1) is 24.0 Å². The van der Waals surface area contributed by atoms with Crippen LogP contribution in [-0.4, -0.2) is 32.3 Å². The third-order valence-corrected chi connectivity index (χ3v) is 3.63. The zero-order valence-corrected chi connectivity index (χ0v) is 17.8. The zero-order chi connectivity index (χ0) is 18.2. The van der Waals surface area contributed by atoms with Gasteiger partial charge in [-0.1, -0.05) is 20.8 Å². The van der Waals surface area contributed by atoms with Crippen LogP contribution in [0.5, 0.6) is 0 Å². The van der Waals surface area contributed by atoms with Crippen molar-refractivity contribution in [2.45, 2.75) is 40.3 Å². The number of ether oxygens (including phenoxy) is 1. The summed E-state index contributed by atoms with van der Waals surface area (Å²) in [5.74, 6) is 0.226. The molecular weight excluding hydrogens is 434 g/mol. The maximum atomic E-state index is 13.8. The van der Waals surface area contributed by atoms with Crippen LogP contribution in [-0.2, 0) is 11.3 Å². The smallest absolute Gasteiger partial charge is 0.191 e. The molecule has 1 rings (SSSR count). The Bertz CT molecular complexity index is 608. The van der Waals surface area contributed by atoms with E-state index in [2.05, 4.69) is 36.4 Å². The van der Waals surface area contributed by atoms with Crippen LogP contribution in [0.1, 0.15) is 38.8 Å². The number of methoxy groups -OCH3 is 1. The largest absolute Gasteiger partial charge is 0.379 e. The molecule has 1 aromatic rings. The molecule has 5 nitrogen and oxygen atoms in total. The van der Waals surface area contributed by atoms with Gasteiger partial charge in [-0.3, -0.25) is 0 Å². The van der Waals surface area contributed by atoms with Crippen molar-refractivity contribution >= 4 is 29.9 Å². The maximum Gasteiger partial charge on any atom is 0.191 e. The van der Waals surface area contributed by atoms with Crippen molar-refractivity contribution in [1.29, 1.82) is 5.26 Å². The summed E-state index contributed by atoms with van der Waals surface area (Å²) in [5.41, 5.74) is 0.809. The number of guanidine groups is 1. The van der Waals surface area contributed by atoms with Crippen molar-refractivity contribution in [1.82, 2.24) is 10.6 Å². The molecule has 1 atom stereocenters. The molecule has 0 aromatic heterocycles. The van der Waals surface area contributed by atoms with Gasteiger partial charge in [-0.2, -0.15) is 5.26 Å². The van der Waals surface area contributed by atoms with Gasteiger partial charge in [-0.05, 0) is 30.5 Å². The van der Waals surface area contributed by atoms with Gasteiger partial charge in [0.1, 0.15) is 5.82 Å². The number of halogens is 2. The molecule has 140 valence electrons. The Kier molecular flexibility index (Phi) is 10.6. The fraction of sp³-hybridized carbons (Fsp3) is 0.556. The van der Waals surface area contributed by atoms with Crippen LogP contribution in [0.3, 0.4) is 0 Å². The van der Waals surface area contributed by atoms with Crippen LogP contribution in [0.15, 0.2) is 23.2 Å².